The lowest BCUT2D eigenvalue weighted by Crippen LogP contribution is -2.22. The molecule has 0 fully saturated rings. The minimum Gasteiger partial charge on any atom is -0.471 e. The van der Waals surface area contributed by atoms with E-state index in [1.54, 1.807) is 12.1 Å². The molecule has 0 aliphatic rings. The third kappa shape index (κ3) is 5.98. The Morgan fingerprint density at radius 2 is 2.00 bits per heavy atom. The van der Waals surface area contributed by atoms with Crippen molar-refractivity contribution in [3.8, 4) is 5.88 Å². The quantitative estimate of drug-likeness (QED) is 0.546. The Morgan fingerprint density at radius 3 is 2.65 bits per heavy atom. The van der Waals surface area contributed by atoms with E-state index in [1.165, 1.54) is 11.8 Å². The number of hydrogen-bond acceptors (Lipinski definition) is 3. The zero-order chi connectivity index (χ0) is 18.9. The van der Waals surface area contributed by atoms with Gasteiger partial charge in [-0.1, -0.05) is 32.0 Å². The Kier molecular flexibility index (Phi) is 7.32. The molecule has 5 nitrogen and oxygen atoms in total. The topological polar surface area (TPSA) is 72.5 Å². The van der Waals surface area contributed by atoms with Crippen LogP contribution >= 0.6 is 0 Å². The SMILES string of the molecule is CCC(C)c1ccc(NC(N)=NCc2cccnc2OCC(F)F)cc1. The standard InChI is InChI=1S/C19H24F2N4O/c1-3-13(2)14-6-8-16(9-7-14)25-19(22)24-11-15-5-4-10-23-18(15)26-12-17(20)21/h4-10,13,17H,3,11-12H2,1-2H3,(H3,22,24,25). The van der Waals surface area contributed by atoms with E-state index in [9.17, 15) is 8.78 Å². The van der Waals surface area contributed by atoms with Crippen molar-refractivity contribution in [3.63, 3.8) is 0 Å². The molecule has 1 aromatic heterocycles. The first-order valence-electron chi connectivity index (χ1n) is 8.51. The number of guanidine groups is 1. The van der Waals surface area contributed by atoms with Gasteiger partial charge in [0.1, 0.15) is 0 Å². The second-order valence-corrected chi connectivity index (χ2v) is 5.93. The summed E-state index contributed by atoms with van der Waals surface area (Å²) in [6, 6.07) is 11.4. The summed E-state index contributed by atoms with van der Waals surface area (Å²) in [7, 11) is 0. The van der Waals surface area contributed by atoms with Crippen LogP contribution in [0.15, 0.2) is 47.6 Å². The van der Waals surface area contributed by atoms with Gasteiger partial charge in [-0.25, -0.2) is 18.8 Å². The lowest BCUT2D eigenvalue weighted by atomic mass is 9.99. The molecule has 1 atom stereocenters. The molecule has 0 aliphatic heterocycles. The van der Waals surface area contributed by atoms with Gasteiger partial charge in [-0.15, -0.1) is 0 Å². The summed E-state index contributed by atoms with van der Waals surface area (Å²) < 4.78 is 29.6. The predicted octanol–water partition coefficient (Wildman–Crippen LogP) is 4.17. The van der Waals surface area contributed by atoms with Crippen LogP contribution in [0.3, 0.4) is 0 Å². The van der Waals surface area contributed by atoms with Gasteiger partial charge < -0.3 is 15.8 Å². The van der Waals surface area contributed by atoms with Crippen LogP contribution in [0.25, 0.3) is 0 Å². The lowest BCUT2D eigenvalue weighted by Gasteiger charge is -2.11. The number of nitrogens with two attached hydrogens (primary N) is 1. The summed E-state index contributed by atoms with van der Waals surface area (Å²) in [6.45, 7) is 3.80. The second-order valence-electron chi connectivity index (χ2n) is 5.93. The second kappa shape index (κ2) is 9.70. The van der Waals surface area contributed by atoms with Crippen LogP contribution < -0.4 is 15.8 Å². The highest BCUT2D eigenvalue weighted by Crippen LogP contribution is 2.20. The predicted molar refractivity (Wildman–Crippen MR) is 99.8 cm³/mol. The molecule has 1 unspecified atom stereocenters. The number of rotatable bonds is 8. The molecular weight excluding hydrogens is 338 g/mol. The maximum absolute atomic E-state index is 12.3. The van der Waals surface area contributed by atoms with Crippen molar-refractivity contribution in [2.24, 2.45) is 10.7 Å². The third-order valence-electron chi connectivity index (χ3n) is 3.98. The number of nitrogens with zero attached hydrogens (tertiary/aromatic N) is 2. The molecule has 7 heteroatoms. The van der Waals surface area contributed by atoms with Gasteiger partial charge in [0.2, 0.25) is 5.88 Å². The van der Waals surface area contributed by atoms with Gasteiger partial charge in [0.25, 0.3) is 6.43 Å². The number of ether oxygens (including phenoxy) is 1. The van der Waals surface area contributed by atoms with Crippen LogP contribution in [0.4, 0.5) is 14.5 Å². The molecule has 0 bridgehead atoms. The monoisotopic (exact) mass is 362 g/mol. The molecule has 140 valence electrons. The molecule has 2 rings (SSSR count). The van der Waals surface area contributed by atoms with E-state index < -0.39 is 13.0 Å². The van der Waals surface area contributed by atoms with E-state index in [0.717, 1.165) is 12.1 Å². The molecule has 26 heavy (non-hydrogen) atoms. The van der Waals surface area contributed by atoms with Crippen LogP contribution in [-0.4, -0.2) is 24.0 Å². The fourth-order valence-electron chi connectivity index (χ4n) is 2.30. The number of aliphatic imine (C=N–C) groups is 1. The number of anilines is 1. The Balaban J connectivity index is 1.98. The number of hydrogen-bond donors (Lipinski definition) is 2. The summed E-state index contributed by atoms with van der Waals surface area (Å²) in [4.78, 5) is 8.19. The zero-order valence-corrected chi connectivity index (χ0v) is 15.0. The average Bonchev–Trinajstić information content (AvgIpc) is 2.65. The van der Waals surface area contributed by atoms with E-state index in [0.29, 0.717) is 11.5 Å². The van der Waals surface area contributed by atoms with Crippen LogP contribution in [0.1, 0.15) is 37.3 Å². The van der Waals surface area contributed by atoms with Gasteiger partial charge in [0.05, 0.1) is 6.54 Å². The first-order chi connectivity index (χ1) is 12.5. The number of nitrogens with one attached hydrogen (secondary N) is 1. The maximum Gasteiger partial charge on any atom is 0.272 e. The molecule has 0 amide bonds. The van der Waals surface area contributed by atoms with Gasteiger partial charge in [-0.2, -0.15) is 0 Å². The molecule has 0 radical (unpaired) electrons. The zero-order valence-electron chi connectivity index (χ0n) is 15.0. The number of benzene rings is 1. The lowest BCUT2D eigenvalue weighted by molar-refractivity contribution is 0.0791. The third-order valence-corrected chi connectivity index (χ3v) is 3.98. The molecule has 0 saturated carbocycles. The highest BCUT2D eigenvalue weighted by atomic mass is 19.3. The summed E-state index contributed by atoms with van der Waals surface area (Å²) in [5.41, 5.74) is 8.60. The number of pyridine rings is 1. The van der Waals surface area contributed by atoms with Crippen molar-refractivity contribution in [1.29, 1.82) is 0 Å². The van der Waals surface area contributed by atoms with Gasteiger partial charge in [-0.3, -0.25) is 0 Å². The highest BCUT2D eigenvalue weighted by molar-refractivity contribution is 5.92. The summed E-state index contributed by atoms with van der Waals surface area (Å²) in [5, 5.41) is 3.01. The summed E-state index contributed by atoms with van der Waals surface area (Å²) in [6.07, 6.45) is 0.00448. The molecule has 1 aromatic carbocycles. The van der Waals surface area contributed by atoms with E-state index in [1.807, 2.05) is 12.1 Å². The Hall–Kier alpha value is -2.70. The van der Waals surface area contributed by atoms with Gasteiger partial charge >= 0.3 is 0 Å². The largest absolute Gasteiger partial charge is 0.471 e. The summed E-state index contributed by atoms with van der Waals surface area (Å²) in [5.74, 6) is 0.875. The minimum atomic E-state index is -2.56. The molecule has 0 spiro atoms. The van der Waals surface area contributed by atoms with Crippen molar-refractivity contribution in [3.05, 3.63) is 53.7 Å². The summed E-state index contributed by atoms with van der Waals surface area (Å²) >= 11 is 0. The fourth-order valence-corrected chi connectivity index (χ4v) is 2.30. The Bertz CT molecular complexity index is 720. The minimum absolute atomic E-state index is 0.141. The molecular formula is C19H24F2N4O. The van der Waals surface area contributed by atoms with Crippen molar-refractivity contribution in [1.82, 2.24) is 4.98 Å². The fraction of sp³-hybridized carbons (Fsp3) is 0.368. The first-order valence-corrected chi connectivity index (χ1v) is 8.51. The number of alkyl halides is 2. The molecule has 3 N–H and O–H groups in total. The van der Waals surface area contributed by atoms with Crippen molar-refractivity contribution < 1.29 is 13.5 Å². The average molecular weight is 362 g/mol. The van der Waals surface area contributed by atoms with Crippen molar-refractivity contribution in [2.75, 3.05) is 11.9 Å². The van der Waals surface area contributed by atoms with Crippen LogP contribution in [-0.2, 0) is 6.54 Å². The van der Waals surface area contributed by atoms with Crippen LogP contribution in [0.5, 0.6) is 5.88 Å². The van der Waals surface area contributed by atoms with E-state index in [-0.39, 0.29) is 18.4 Å². The molecule has 2 aromatic rings. The molecule has 0 aliphatic carbocycles. The van der Waals surface area contributed by atoms with Crippen molar-refractivity contribution in [2.45, 2.75) is 39.2 Å². The van der Waals surface area contributed by atoms with Crippen LogP contribution in [0.2, 0.25) is 0 Å². The van der Waals surface area contributed by atoms with Gasteiger partial charge in [-0.05, 0) is 36.1 Å². The maximum atomic E-state index is 12.3. The molecule has 0 saturated heterocycles. The van der Waals surface area contributed by atoms with Gasteiger partial charge in [0, 0.05) is 17.4 Å². The van der Waals surface area contributed by atoms with Crippen molar-refractivity contribution >= 4 is 11.6 Å². The van der Waals surface area contributed by atoms with Crippen LogP contribution in [0, 0.1) is 0 Å². The normalized spacial score (nSPS) is 12.9. The first kappa shape index (κ1) is 19.6. The number of aromatic nitrogens is 1. The van der Waals surface area contributed by atoms with E-state index in [2.05, 4.69) is 41.3 Å². The smallest absolute Gasteiger partial charge is 0.272 e. The Labute approximate surface area is 152 Å². The highest BCUT2D eigenvalue weighted by Gasteiger charge is 2.09. The number of halogens is 2. The van der Waals surface area contributed by atoms with Gasteiger partial charge in [0.15, 0.2) is 12.6 Å². The Morgan fingerprint density at radius 1 is 1.27 bits per heavy atom. The van der Waals surface area contributed by atoms with E-state index >= 15 is 0 Å². The van der Waals surface area contributed by atoms with E-state index in [4.69, 9.17) is 10.5 Å². The molecule has 1 heterocycles.